The fraction of sp³-hybridized carbons (Fsp3) is 0.519. The molecule has 3 N–H and O–H groups in total. The van der Waals surface area contributed by atoms with Crippen molar-refractivity contribution in [1.82, 2.24) is 10.2 Å². The standard InChI is InChI=1S/C27H36N2O8/c1-4-6-8-22(32)29(10-7-12-36-5-2)20-15-19(27(34)28-9-11-30)23-18-13-17(16-31)14-21(35-3)25(18)37-26(23)24(20)33/h6,8,13-16,20,23-24,26,30,33H,4-5,7,9-12H2,1-3H3,(H,28,34)/t20-,23+,24+,26+/m1/s1. The number of aliphatic hydroxyl groups excluding tert-OH is 2. The Morgan fingerprint density at radius 3 is 2.70 bits per heavy atom. The maximum atomic E-state index is 13.3. The molecule has 1 aromatic rings. The third-order valence-electron chi connectivity index (χ3n) is 6.44. The Kier molecular flexibility index (Phi) is 10.2. The summed E-state index contributed by atoms with van der Waals surface area (Å²) in [7, 11) is 1.44. The molecule has 1 aromatic carbocycles. The van der Waals surface area contributed by atoms with Crippen molar-refractivity contribution in [3.8, 4) is 11.5 Å². The number of aldehydes is 1. The summed E-state index contributed by atoms with van der Waals surface area (Å²) in [5.74, 6) is -0.824. The van der Waals surface area contributed by atoms with E-state index in [9.17, 15) is 24.6 Å². The number of fused-ring (bicyclic) bond motifs is 3. The van der Waals surface area contributed by atoms with E-state index >= 15 is 0 Å². The smallest absolute Gasteiger partial charge is 0.247 e. The molecule has 0 radical (unpaired) electrons. The zero-order valence-electron chi connectivity index (χ0n) is 21.5. The lowest BCUT2D eigenvalue weighted by atomic mass is 9.77. The molecule has 37 heavy (non-hydrogen) atoms. The number of nitrogens with zero attached hydrogens (tertiary/aromatic N) is 1. The predicted octanol–water partition coefficient (Wildman–Crippen LogP) is 1.35. The number of aliphatic hydroxyl groups is 2. The number of hydrogen-bond acceptors (Lipinski definition) is 8. The van der Waals surface area contributed by atoms with Crippen LogP contribution in [0.5, 0.6) is 11.5 Å². The zero-order valence-corrected chi connectivity index (χ0v) is 21.5. The number of nitrogens with one attached hydrogen (secondary N) is 1. The summed E-state index contributed by atoms with van der Waals surface area (Å²) in [6.45, 7) is 4.86. The van der Waals surface area contributed by atoms with Gasteiger partial charge in [-0.25, -0.2) is 0 Å². The van der Waals surface area contributed by atoms with Gasteiger partial charge in [-0.05, 0) is 44.1 Å². The molecular weight excluding hydrogens is 480 g/mol. The highest BCUT2D eigenvalue weighted by atomic mass is 16.5. The summed E-state index contributed by atoms with van der Waals surface area (Å²) in [4.78, 5) is 39.5. The minimum Gasteiger partial charge on any atom is -0.493 e. The zero-order chi connectivity index (χ0) is 26.9. The van der Waals surface area contributed by atoms with Crippen LogP contribution < -0.4 is 14.8 Å². The van der Waals surface area contributed by atoms with E-state index in [1.807, 2.05) is 13.8 Å². The van der Waals surface area contributed by atoms with Crippen LogP contribution in [0.3, 0.4) is 0 Å². The van der Waals surface area contributed by atoms with Crippen molar-refractivity contribution in [2.75, 3.05) is 40.0 Å². The number of carbonyl (C=O) groups excluding carboxylic acids is 3. The number of benzene rings is 1. The first kappa shape index (κ1) is 28.4. The lowest BCUT2D eigenvalue weighted by Gasteiger charge is -2.40. The quantitative estimate of drug-likeness (QED) is 0.203. The minimum atomic E-state index is -1.18. The van der Waals surface area contributed by atoms with E-state index in [4.69, 9.17) is 14.2 Å². The third-order valence-corrected chi connectivity index (χ3v) is 6.44. The summed E-state index contributed by atoms with van der Waals surface area (Å²) in [5.41, 5.74) is 1.15. The van der Waals surface area contributed by atoms with Gasteiger partial charge in [-0.15, -0.1) is 0 Å². The highest BCUT2D eigenvalue weighted by molar-refractivity contribution is 5.97. The molecule has 1 heterocycles. The highest BCUT2D eigenvalue weighted by Gasteiger charge is 2.51. The van der Waals surface area contributed by atoms with Crippen molar-refractivity contribution in [3.05, 3.63) is 47.1 Å². The molecule has 1 aliphatic heterocycles. The van der Waals surface area contributed by atoms with Crippen LogP contribution >= 0.6 is 0 Å². The molecule has 3 rings (SSSR count). The highest BCUT2D eigenvalue weighted by Crippen LogP contribution is 2.51. The molecule has 0 bridgehead atoms. The fourth-order valence-corrected chi connectivity index (χ4v) is 4.76. The van der Waals surface area contributed by atoms with Gasteiger partial charge in [0, 0.05) is 43.0 Å². The second-order valence-electron chi connectivity index (χ2n) is 8.79. The van der Waals surface area contributed by atoms with Crippen molar-refractivity contribution < 1.29 is 38.8 Å². The number of ether oxygens (including phenoxy) is 3. The third kappa shape index (κ3) is 6.20. The van der Waals surface area contributed by atoms with Gasteiger partial charge < -0.3 is 34.6 Å². The van der Waals surface area contributed by atoms with Crippen LogP contribution in [0.2, 0.25) is 0 Å². The van der Waals surface area contributed by atoms with Crippen LogP contribution in [0, 0.1) is 0 Å². The average Bonchev–Trinajstić information content (AvgIpc) is 3.30. The summed E-state index contributed by atoms with van der Waals surface area (Å²) >= 11 is 0. The molecule has 0 aromatic heterocycles. The van der Waals surface area contributed by atoms with E-state index < -0.39 is 30.1 Å². The first-order valence-electron chi connectivity index (χ1n) is 12.6. The molecule has 0 saturated heterocycles. The molecule has 10 nitrogen and oxygen atoms in total. The Morgan fingerprint density at radius 1 is 1.27 bits per heavy atom. The van der Waals surface area contributed by atoms with Gasteiger partial charge in [0.2, 0.25) is 11.8 Å². The van der Waals surface area contributed by atoms with Gasteiger partial charge in [-0.2, -0.15) is 0 Å². The Labute approximate surface area is 216 Å². The molecule has 0 saturated carbocycles. The molecule has 0 spiro atoms. The van der Waals surface area contributed by atoms with Crippen LogP contribution in [0.4, 0.5) is 0 Å². The van der Waals surface area contributed by atoms with E-state index in [1.165, 1.54) is 24.2 Å². The molecular formula is C27H36N2O8. The second kappa shape index (κ2) is 13.4. The Hall–Kier alpha value is -3.21. The number of amides is 2. The first-order valence-corrected chi connectivity index (χ1v) is 12.6. The van der Waals surface area contributed by atoms with Gasteiger partial charge in [-0.1, -0.05) is 13.0 Å². The number of hydrogen-bond donors (Lipinski definition) is 3. The molecule has 0 unspecified atom stereocenters. The van der Waals surface area contributed by atoms with Crippen LogP contribution in [0.1, 0.15) is 48.5 Å². The molecule has 202 valence electrons. The van der Waals surface area contributed by atoms with Crippen LogP contribution in [-0.2, 0) is 14.3 Å². The van der Waals surface area contributed by atoms with Crippen LogP contribution in [-0.4, -0.2) is 91.5 Å². The number of methoxy groups -OCH3 is 1. The van der Waals surface area contributed by atoms with Gasteiger partial charge in [0.25, 0.3) is 0 Å². The summed E-state index contributed by atoms with van der Waals surface area (Å²) in [6.07, 6.45) is 4.58. The Morgan fingerprint density at radius 2 is 2.05 bits per heavy atom. The van der Waals surface area contributed by atoms with Crippen molar-refractivity contribution in [2.24, 2.45) is 0 Å². The molecule has 4 atom stereocenters. The molecule has 1 aliphatic carbocycles. The SMILES string of the molecule is CCC=CC(=O)N(CCCOCC)[C@@H]1C=C(C(=O)NCCO)[C@@H]2c3cc(C=O)cc(OC)c3O[C@@H]2[C@H]1O. The number of rotatable bonds is 13. The average molecular weight is 517 g/mol. The van der Waals surface area contributed by atoms with Crippen molar-refractivity contribution >= 4 is 18.1 Å². The number of carbonyl (C=O) groups is 3. The lowest BCUT2D eigenvalue weighted by Crippen LogP contribution is -2.55. The topological polar surface area (TPSA) is 135 Å². The number of allylic oxidation sites excluding steroid dienone is 1. The Balaban J connectivity index is 2.08. The van der Waals surface area contributed by atoms with Gasteiger partial charge in [-0.3, -0.25) is 14.4 Å². The first-order chi connectivity index (χ1) is 17.9. The largest absolute Gasteiger partial charge is 0.493 e. The van der Waals surface area contributed by atoms with Gasteiger partial charge in [0.05, 0.1) is 25.7 Å². The van der Waals surface area contributed by atoms with Gasteiger partial charge in [0.1, 0.15) is 18.5 Å². The van der Waals surface area contributed by atoms with Crippen molar-refractivity contribution in [2.45, 2.75) is 50.9 Å². The van der Waals surface area contributed by atoms with E-state index in [-0.39, 0.29) is 24.6 Å². The molecule has 2 aliphatic rings. The summed E-state index contributed by atoms with van der Waals surface area (Å²) in [5, 5.41) is 23.4. The fourth-order valence-electron chi connectivity index (χ4n) is 4.76. The van der Waals surface area contributed by atoms with Crippen LogP contribution in [0.25, 0.3) is 0 Å². The maximum absolute atomic E-state index is 13.3. The molecule has 0 fully saturated rings. The van der Waals surface area contributed by atoms with Crippen molar-refractivity contribution in [3.63, 3.8) is 0 Å². The summed E-state index contributed by atoms with van der Waals surface area (Å²) < 4.78 is 17.0. The summed E-state index contributed by atoms with van der Waals surface area (Å²) in [6, 6.07) is 2.28. The van der Waals surface area contributed by atoms with Crippen molar-refractivity contribution in [1.29, 1.82) is 0 Å². The lowest BCUT2D eigenvalue weighted by molar-refractivity contribution is -0.132. The van der Waals surface area contributed by atoms with Gasteiger partial charge >= 0.3 is 0 Å². The van der Waals surface area contributed by atoms with E-state index in [2.05, 4.69) is 5.32 Å². The molecule has 2 amide bonds. The normalized spacial score (nSPS) is 22.0. The van der Waals surface area contributed by atoms with E-state index in [0.717, 1.165) is 0 Å². The monoisotopic (exact) mass is 516 g/mol. The Bertz CT molecular complexity index is 1040. The maximum Gasteiger partial charge on any atom is 0.247 e. The predicted molar refractivity (Wildman–Crippen MR) is 136 cm³/mol. The van der Waals surface area contributed by atoms with Crippen LogP contribution in [0.15, 0.2) is 35.9 Å². The second-order valence-corrected chi connectivity index (χ2v) is 8.79. The van der Waals surface area contributed by atoms with E-state index in [0.29, 0.717) is 61.5 Å². The minimum absolute atomic E-state index is 0.0302. The van der Waals surface area contributed by atoms with Gasteiger partial charge in [0.15, 0.2) is 11.5 Å². The molecule has 10 heteroatoms. The van der Waals surface area contributed by atoms with E-state index in [1.54, 1.807) is 18.2 Å².